The van der Waals surface area contributed by atoms with Gasteiger partial charge in [-0.25, -0.2) is 0 Å². The maximum absolute atomic E-state index is 11.2. The molecule has 1 fully saturated rings. The molecule has 1 aliphatic carbocycles. The Morgan fingerprint density at radius 3 is 2.68 bits per heavy atom. The molecule has 0 spiro atoms. The first-order valence-corrected chi connectivity index (χ1v) is 7.21. The number of hydrogen-bond donors (Lipinski definition) is 2. The summed E-state index contributed by atoms with van der Waals surface area (Å²) in [5.74, 6) is 1.07. The van der Waals surface area contributed by atoms with Crippen LogP contribution in [0.25, 0.3) is 0 Å². The van der Waals surface area contributed by atoms with Crippen LogP contribution in [0.3, 0.4) is 0 Å². The molecule has 1 amide bonds. The smallest absolute Gasteiger partial charge is 0.248 e. The molecule has 0 radical (unpaired) electrons. The van der Waals surface area contributed by atoms with Crippen LogP contribution in [0.15, 0.2) is 18.2 Å². The van der Waals surface area contributed by atoms with E-state index in [0.29, 0.717) is 22.5 Å². The van der Waals surface area contributed by atoms with Crippen molar-refractivity contribution in [3.05, 3.63) is 28.8 Å². The molecule has 0 bridgehead atoms. The molecule has 1 aromatic rings. The SMILES string of the molecule is CC1CCC(Nc2cc(C(N)=O)ccc2Cl)CC1C. The first kappa shape index (κ1) is 14.2. The molecule has 0 aromatic heterocycles. The van der Waals surface area contributed by atoms with Crippen molar-refractivity contribution in [2.75, 3.05) is 5.32 Å². The normalized spacial score (nSPS) is 27.0. The van der Waals surface area contributed by atoms with Gasteiger partial charge >= 0.3 is 0 Å². The zero-order valence-electron chi connectivity index (χ0n) is 11.4. The van der Waals surface area contributed by atoms with E-state index >= 15 is 0 Å². The maximum Gasteiger partial charge on any atom is 0.248 e. The Morgan fingerprint density at radius 1 is 1.32 bits per heavy atom. The number of anilines is 1. The van der Waals surface area contributed by atoms with Crippen LogP contribution in [-0.4, -0.2) is 11.9 Å². The van der Waals surface area contributed by atoms with E-state index in [4.69, 9.17) is 17.3 Å². The van der Waals surface area contributed by atoms with E-state index in [0.717, 1.165) is 24.4 Å². The van der Waals surface area contributed by atoms with Crippen molar-refractivity contribution >= 4 is 23.2 Å². The maximum atomic E-state index is 11.2. The number of benzene rings is 1. The van der Waals surface area contributed by atoms with Gasteiger partial charge in [0.15, 0.2) is 0 Å². The fourth-order valence-electron chi connectivity index (χ4n) is 2.69. The number of primary amides is 1. The van der Waals surface area contributed by atoms with Crippen LogP contribution in [0, 0.1) is 11.8 Å². The zero-order chi connectivity index (χ0) is 14.0. The summed E-state index contributed by atoms with van der Waals surface area (Å²) in [5, 5.41) is 4.09. The minimum Gasteiger partial charge on any atom is -0.381 e. The lowest BCUT2D eigenvalue weighted by Gasteiger charge is -2.33. The Labute approximate surface area is 119 Å². The molecule has 2 rings (SSSR count). The Morgan fingerprint density at radius 2 is 2.05 bits per heavy atom. The third kappa shape index (κ3) is 3.41. The number of nitrogens with one attached hydrogen (secondary N) is 1. The number of hydrogen-bond acceptors (Lipinski definition) is 2. The number of amides is 1. The minimum atomic E-state index is -0.426. The standard InChI is InChI=1S/C15H21ClN2O/c1-9-3-5-12(7-10(9)2)18-14-8-11(15(17)19)4-6-13(14)16/h4,6,8-10,12,18H,3,5,7H2,1-2H3,(H2,17,19). The Bertz CT molecular complexity index is 475. The summed E-state index contributed by atoms with van der Waals surface area (Å²) in [7, 11) is 0. The Balaban J connectivity index is 2.10. The molecule has 3 nitrogen and oxygen atoms in total. The monoisotopic (exact) mass is 280 g/mol. The molecule has 1 aromatic carbocycles. The van der Waals surface area contributed by atoms with Crippen LogP contribution in [-0.2, 0) is 0 Å². The quantitative estimate of drug-likeness (QED) is 0.887. The van der Waals surface area contributed by atoms with E-state index < -0.39 is 5.91 Å². The first-order valence-electron chi connectivity index (χ1n) is 6.83. The minimum absolute atomic E-state index is 0.423. The highest BCUT2D eigenvalue weighted by atomic mass is 35.5. The van der Waals surface area contributed by atoms with Crippen molar-refractivity contribution in [1.82, 2.24) is 0 Å². The summed E-state index contributed by atoms with van der Waals surface area (Å²) in [6.45, 7) is 4.60. The topological polar surface area (TPSA) is 55.1 Å². The van der Waals surface area contributed by atoms with Crippen LogP contribution >= 0.6 is 11.6 Å². The summed E-state index contributed by atoms with van der Waals surface area (Å²) < 4.78 is 0. The van der Waals surface area contributed by atoms with Gasteiger partial charge in [0.2, 0.25) is 5.91 Å². The van der Waals surface area contributed by atoms with Crippen molar-refractivity contribution in [2.24, 2.45) is 17.6 Å². The van der Waals surface area contributed by atoms with Gasteiger partial charge in [-0.05, 0) is 49.3 Å². The fraction of sp³-hybridized carbons (Fsp3) is 0.533. The van der Waals surface area contributed by atoms with Crippen LogP contribution in [0.2, 0.25) is 5.02 Å². The third-order valence-corrected chi connectivity index (χ3v) is 4.54. The molecule has 0 heterocycles. The summed E-state index contributed by atoms with van der Waals surface area (Å²) in [4.78, 5) is 11.2. The third-order valence-electron chi connectivity index (χ3n) is 4.21. The van der Waals surface area contributed by atoms with Crippen LogP contribution in [0.4, 0.5) is 5.69 Å². The molecule has 0 aliphatic heterocycles. The van der Waals surface area contributed by atoms with Crippen LogP contribution in [0.1, 0.15) is 43.5 Å². The Hall–Kier alpha value is -1.22. The summed E-state index contributed by atoms with van der Waals surface area (Å²) in [6, 6.07) is 5.54. The highest BCUT2D eigenvalue weighted by Crippen LogP contribution is 2.32. The molecular weight excluding hydrogens is 260 g/mol. The predicted octanol–water partition coefficient (Wildman–Crippen LogP) is 3.68. The second-order valence-electron chi connectivity index (χ2n) is 5.67. The fourth-order valence-corrected chi connectivity index (χ4v) is 2.86. The van der Waals surface area contributed by atoms with E-state index in [9.17, 15) is 4.79 Å². The van der Waals surface area contributed by atoms with Gasteiger partial charge in [-0.3, -0.25) is 4.79 Å². The van der Waals surface area contributed by atoms with Gasteiger partial charge in [-0.1, -0.05) is 25.4 Å². The van der Waals surface area contributed by atoms with Crippen LogP contribution < -0.4 is 11.1 Å². The molecule has 104 valence electrons. The van der Waals surface area contributed by atoms with Crippen molar-refractivity contribution in [2.45, 2.75) is 39.2 Å². The van der Waals surface area contributed by atoms with Gasteiger partial charge in [0, 0.05) is 11.6 Å². The molecule has 3 atom stereocenters. The molecule has 0 saturated heterocycles. The van der Waals surface area contributed by atoms with E-state index in [-0.39, 0.29) is 0 Å². The molecule has 3 N–H and O–H groups in total. The first-order chi connectivity index (χ1) is 8.97. The molecular formula is C15H21ClN2O. The molecule has 4 heteroatoms. The molecule has 1 aliphatic rings. The average Bonchev–Trinajstić information content (AvgIpc) is 2.36. The lowest BCUT2D eigenvalue weighted by atomic mass is 9.79. The Kier molecular flexibility index (Phi) is 4.35. The number of halogens is 1. The highest BCUT2D eigenvalue weighted by molar-refractivity contribution is 6.33. The highest BCUT2D eigenvalue weighted by Gasteiger charge is 2.24. The van der Waals surface area contributed by atoms with Gasteiger partial charge in [0.1, 0.15) is 0 Å². The predicted molar refractivity (Wildman–Crippen MR) is 79.6 cm³/mol. The van der Waals surface area contributed by atoms with Gasteiger partial charge in [0.05, 0.1) is 10.7 Å². The van der Waals surface area contributed by atoms with E-state index in [1.807, 2.05) is 0 Å². The van der Waals surface area contributed by atoms with Crippen molar-refractivity contribution < 1.29 is 4.79 Å². The molecule has 3 unspecified atom stereocenters. The second kappa shape index (κ2) is 5.83. The van der Waals surface area contributed by atoms with Gasteiger partial charge in [0.25, 0.3) is 0 Å². The number of nitrogens with two attached hydrogens (primary N) is 1. The average molecular weight is 281 g/mol. The zero-order valence-corrected chi connectivity index (χ0v) is 12.2. The van der Waals surface area contributed by atoms with Gasteiger partial charge in [-0.2, -0.15) is 0 Å². The number of carbonyl (C=O) groups is 1. The second-order valence-corrected chi connectivity index (χ2v) is 6.07. The van der Waals surface area contributed by atoms with E-state index in [1.54, 1.807) is 18.2 Å². The number of rotatable bonds is 3. The van der Waals surface area contributed by atoms with Crippen LogP contribution in [0.5, 0.6) is 0 Å². The molecule has 19 heavy (non-hydrogen) atoms. The summed E-state index contributed by atoms with van der Waals surface area (Å²) in [5.41, 5.74) is 6.60. The van der Waals surface area contributed by atoms with Gasteiger partial charge < -0.3 is 11.1 Å². The lowest BCUT2D eigenvalue weighted by molar-refractivity contribution is 0.100. The van der Waals surface area contributed by atoms with Crippen molar-refractivity contribution in [1.29, 1.82) is 0 Å². The molecule has 1 saturated carbocycles. The number of carbonyl (C=O) groups excluding carboxylic acids is 1. The summed E-state index contributed by atoms with van der Waals surface area (Å²) in [6.07, 6.45) is 3.51. The largest absolute Gasteiger partial charge is 0.381 e. The summed E-state index contributed by atoms with van der Waals surface area (Å²) >= 11 is 6.17. The lowest BCUT2D eigenvalue weighted by Crippen LogP contribution is -2.30. The van der Waals surface area contributed by atoms with E-state index in [2.05, 4.69) is 19.2 Å². The van der Waals surface area contributed by atoms with Gasteiger partial charge in [-0.15, -0.1) is 0 Å². The van der Waals surface area contributed by atoms with E-state index in [1.165, 1.54) is 6.42 Å². The van der Waals surface area contributed by atoms with Crippen molar-refractivity contribution in [3.63, 3.8) is 0 Å². The van der Waals surface area contributed by atoms with Crippen molar-refractivity contribution in [3.8, 4) is 0 Å².